The molecule has 3 rings (SSSR count). The quantitative estimate of drug-likeness (QED) is 0.625. The number of benzene rings is 2. The first-order valence-electron chi connectivity index (χ1n) is 9.36. The van der Waals surface area contributed by atoms with Crippen LogP contribution in [0.5, 0.6) is 0 Å². The van der Waals surface area contributed by atoms with Crippen LogP contribution < -0.4 is 10.9 Å². The molecule has 146 valence electrons. The maximum atomic E-state index is 13.0. The molecule has 0 saturated heterocycles. The van der Waals surface area contributed by atoms with E-state index in [2.05, 4.69) is 51.4 Å². The molecule has 0 radical (unpaired) electrons. The molecule has 0 fully saturated rings. The number of H-pyrrole nitrogens is 1. The van der Waals surface area contributed by atoms with Crippen molar-refractivity contribution in [3.05, 3.63) is 81.5 Å². The van der Waals surface area contributed by atoms with E-state index in [1.165, 1.54) is 17.7 Å². The van der Waals surface area contributed by atoms with Crippen LogP contribution in [-0.2, 0) is 13.0 Å². The van der Waals surface area contributed by atoms with Gasteiger partial charge in [0.2, 0.25) is 5.95 Å². The van der Waals surface area contributed by atoms with Crippen LogP contribution in [0.4, 0.5) is 16.0 Å². The standard InChI is InChI=1S/C21H24FN5O/c1-3-27(4-2)14-16-7-11-18(12-8-16)23-21-24-20(28)19(25-26-21)13-15-5-9-17(22)10-6-15/h5-12H,3-4,13-14H2,1-2H3,(H2,23,24,26,28). The molecule has 0 aliphatic carbocycles. The summed E-state index contributed by atoms with van der Waals surface area (Å²) in [5.74, 6) is -0.0317. The van der Waals surface area contributed by atoms with Gasteiger partial charge in [0.1, 0.15) is 11.5 Å². The van der Waals surface area contributed by atoms with E-state index in [0.29, 0.717) is 6.42 Å². The van der Waals surface area contributed by atoms with Crippen LogP contribution in [0.25, 0.3) is 0 Å². The highest BCUT2D eigenvalue weighted by molar-refractivity contribution is 5.53. The lowest BCUT2D eigenvalue weighted by Gasteiger charge is -2.18. The van der Waals surface area contributed by atoms with Crippen molar-refractivity contribution in [3.8, 4) is 0 Å². The Balaban J connectivity index is 1.65. The molecule has 6 nitrogen and oxygen atoms in total. The summed E-state index contributed by atoms with van der Waals surface area (Å²) in [6, 6.07) is 14.0. The second-order valence-corrected chi connectivity index (χ2v) is 6.54. The first-order valence-corrected chi connectivity index (χ1v) is 9.36. The summed E-state index contributed by atoms with van der Waals surface area (Å²) in [6.07, 6.45) is 0.295. The molecule has 1 aromatic heterocycles. The second kappa shape index (κ2) is 9.23. The fourth-order valence-electron chi connectivity index (χ4n) is 2.86. The fraction of sp³-hybridized carbons (Fsp3) is 0.286. The zero-order valence-electron chi connectivity index (χ0n) is 16.1. The molecule has 0 spiro atoms. The Morgan fingerprint density at radius 3 is 2.21 bits per heavy atom. The Morgan fingerprint density at radius 2 is 1.61 bits per heavy atom. The summed E-state index contributed by atoms with van der Waals surface area (Å²) in [5, 5.41) is 11.1. The summed E-state index contributed by atoms with van der Waals surface area (Å²) in [4.78, 5) is 17.3. The largest absolute Gasteiger partial charge is 0.324 e. The Kier molecular flexibility index (Phi) is 6.49. The van der Waals surface area contributed by atoms with E-state index in [9.17, 15) is 9.18 Å². The zero-order valence-corrected chi connectivity index (χ0v) is 16.1. The van der Waals surface area contributed by atoms with Crippen LogP contribution in [0.2, 0.25) is 0 Å². The van der Waals surface area contributed by atoms with Gasteiger partial charge >= 0.3 is 0 Å². The van der Waals surface area contributed by atoms with E-state index >= 15 is 0 Å². The number of aromatic nitrogens is 3. The van der Waals surface area contributed by atoms with Gasteiger partial charge in [0.15, 0.2) is 0 Å². The van der Waals surface area contributed by atoms with Gasteiger partial charge in [0.25, 0.3) is 5.56 Å². The van der Waals surface area contributed by atoms with Gasteiger partial charge in [0, 0.05) is 18.7 Å². The highest BCUT2D eigenvalue weighted by Gasteiger charge is 2.07. The van der Waals surface area contributed by atoms with Crippen LogP contribution in [0, 0.1) is 5.82 Å². The monoisotopic (exact) mass is 381 g/mol. The van der Waals surface area contributed by atoms with Crippen LogP contribution in [0.15, 0.2) is 53.3 Å². The third kappa shape index (κ3) is 5.23. The Bertz CT molecular complexity index is 950. The predicted octanol–water partition coefficient (Wildman–Crippen LogP) is 3.48. The lowest BCUT2D eigenvalue weighted by molar-refractivity contribution is 0.296. The van der Waals surface area contributed by atoms with Crippen molar-refractivity contribution >= 4 is 11.6 Å². The maximum absolute atomic E-state index is 13.0. The third-order valence-corrected chi connectivity index (χ3v) is 4.57. The van der Waals surface area contributed by atoms with E-state index in [4.69, 9.17) is 0 Å². The van der Waals surface area contributed by atoms with Crippen molar-refractivity contribution in [2.75, 3.05) is 18.4 Å². The SMILES string of the molecule is CCN(CC)Cc1ccc(Nc2nnc(Cc3ccc(F)cc3)c(=O)[nH]2)cc1. The fourth-order valence-corrected chi connectivity index (χ4v) is 2.86. The average molecular weight is 381 g/mol. The summed E-state index contributed by atoms with van der Waals surface area (Å²) in [7, 11) is 0. The highest BCUT2D eigenvalue weighted by Crippen LogP contribution is 2.14. The molecule has 2 aromatic carbocycles. The number of aromatic amines is 1. The smallest absolute Gasteiger partial charge is 0.274 e. The molecule has 3 aromatic rings. The van der Waals surface area contributed by atoms with E-state index < -0.39 is 0 Å². The van der Waals surface area contributed by atoms with Gasteiger partial charge in [-0.2, -0.15) is 0 Å². The van der Waals surface area contributed by atoms with Crippen molar-refractivity contribution in [3.63, 3.8) is 0 Å². The minimum atomic E-state index is -0.319. The number of anilines is 2. The third-order valence-electron chi connectivity index (χ3n) is 4.57. The number of halogens is 1. The first kappa shape index (κ1) is 19.7. The summed E-state index contributed by atoms with van der Waals surface area (Å²) < 4.78 is 13.0. The molecular formula is C21H24FN5O. The topological polar surface area (TPSA) is 73.9 Å². The molecule has 0 bridgehead atoms. The van der Waals surface area contributed by atoms with Crippen molar-refractivity contribution in [2.45, 2.75) is 26.8 Å². The summed E-state index contributed by atoms with van der Waals surface area (Å²) in [6.45, 7) is 7.22. The zero-order chi connectivity index (χ0) is 19.9. The normalized spacial score (nSPS) is 11.0. The van der Waals surface area contributed by atoms with Gasteiger partial charge in [-0.15, -0.1) is 10.2 Å². The Hall–Kier alpha value is -3.06. The molecule has 2 N–H and O–H groups in total. The van der Waals surface area contributed by atoms with E-state index in [1.54, 1.807) is 12.1 Å². The Labute approximate surface area is 163 Å². The number of hydrogen-bond acceptors (Lipinski definition) is 5. The minimum absolute atomic E-state index is 0.282. The van der Waals surface area contributed by atoms with E-state index in [-0.39, 0.29) is 23.0 Å². The highest BCUT2D eigenvalue weighted by atomic mass is 19.1. The van der Waals surface area contributed by atoms with Gasteiger partial charge in [-0.3, -0.25) is 14.7 Å². The lowest BCUT2D eigenvalue weighted by Crippen LogP contribution is -2.22. The van der Waals surface area contributed by atoms with Gasteiger partial charge in [-0.25, -0.2) is 4.39 Å². The lowest BCUT2D eigenvalue weighted by atomic mass is 10.1. The number of hydrogen-bond donors (Lipinski definition) is 2. The van der Waals surface area contributed by atoms with Gasteiger partial charge in [-0.05, 0) is 48.5 Å². The average Bonchev–Trinajstić information content (AvgIpc) is 2.71. The molecule has 0 atom stereocenters. The van der Waals surface area contributed by atoms with Crippen molar-refractivity contribution < 1.29 is 4.39 Å². The first-order chi connectivity index (χ1) is 13.6. The predicted molar refractivity (Wildman–Crippen MR) is 108 cm³/mol. The maximum Gasteiger partial charge on any atom is 0.274 e. The van der Waals surface area contributed by atoms with Crippen LogP contribution in [0.3, 0.4) is 0 Å². The van der Waals surface area contributed by atoms with Crippen LogP contribution >= 0.6 is 0 Å². The number of nitrogens with one attached hydrogen (secondary N) is 2. The molecule has 0 aliphatic heterocycles. The molecular weight excluding hydrogens is 357 g/mol. The Morgan fingerprint density at radius 1 is 0.964 bits per heavy atom. The minimum Gasteiger partial charge on any atom is -0.324 e. The van der Waals surface area contributed by atoms with Crippen molar-refractivity contribution in [1.82, 2.24) is 20.1 Å². The van der Waals surface area contributed by atoms with Gasteiger partial charge < -0.3 is 5.32 Å². The number of nitrogens with zero attached hydrogens (tertiary/aromatic N) is 3. The summed E-state index contributed by atoms with van der Waals surface area (Å²) >= 11 is 0. The van der Waals surface area contributed by atoms with Crippen molar-refractivity contribution in [1.29, 1.82) is 0 Å². The van der Waals surface area contributed by atoms with Gasteiger partial charge in [-0.1, -0.05) is 38.1 Å². The molecule has 7 heteroatoms. The second-order valence-electron chi connectivity index (χ2n) is 6.54. The number of rotatable bonds is 8. The van der Waals surface area contributed by atoms with E-state index in [0.717, 1.165) is 30.9 Å². The van der Waals surface area contributed by atoms with Crippen LogP contribution in [-0.4, -0.2) is 33.2 Å². The van der Waals surface area contributed by atoms with Gasteiger partial charge in [0.05, 0.1) is 0 Å². The molecule has 1 heterocycles. The van der Waals surface area contributed by atoms with Crippen LogP contribution in [0.1, 0.15) is 30.7 Å². The van der Waals surface area contributed by atoms with Crippen molar-refractivity contribution in [2.24, 2.45) is 0 Å². The molecule has 0 aliphatic rings. The summed E-state index contributed by atoms with van der Waals surface area (Å²) in [5.41, 5.74) is 2.81. The molecule has 0 unspecified atom stereocenters. The molecule has 0 saturated carbocycles. The molecule has 28 heavy (non-hydrogen) atoms. The van der Waals surface area contributed by atoms with E-state index in [1.807, 2.05) is 12.1 Å². The molecule has 0 amide bonds.